The van der Waals surface area contributed by atoms with E-state index in [4.69, 9.17) is 11.6 Å². The van der Waals surface area contributed by atoms with Crippen molar-refractivity contribution in [1.82, 2.24) is 4.31 Å². The number of benzene rings is 2. The van der Waals surface area contributed by atoms with Crippen LogP contribution in [-0.4, -0.2) is 63.0 Å². The van der Waals surface area contributed by atoms with E-state index in [-0.39, 0.29) is 35.2 Å². The average molecular weight is 538 g/mol. The molecule has 0 amide bonds. The van der Waals surface area contributed by atoms with Crippen LogP contribution in [0.2, 0.25) is 5.02 Å². The van der Waals surface area contributed by atoms with Gasteiger partial charge < -0.3 is 9.80 Å². The average Bonchev–Trinajstić information content (AvgIpc) is 2.78. The van der Waals surface area contributed by atoms with Gasteiger partial charge >= 0.3 is 6.18 Å². The molecule has 4 rings (SSSR count). The number of halogens is 5. The van der Waals surface area contributed by atoms with E-state index in [0.717, 1.165) is 42.4 Å². The largest absolute Gasteiger partial charge is 0.418 e. The van der Waals surface area contributed by atoms with E-state index < -0.39 is 33.6 Å². The molecule has 0 saturated carbocycles. The van der Waals surface area contributed by atoms with Crippen molar-refractivity contribution in [3.8, 4) is 0 Å². The first-order chi connectivity index (χ1) is 16.0. The number of piperazine rings is 1. The molecule has 0 radical (unpaired) electrons. The molecule has 2 heterocycles. The van der Waals surface area contributed by atoms with Gasteiger partial charge in [0, 0.05) is 61.6 Å². The van der Waals surface area contributed by atoms with Crippen LogP contribution in [0.1, 0.15) is 12.5 Å². The van der Waals surface area contributed by atoms with Crippen molar-refractivity contribution in [2.45, 2.75) is 24.0 Å². The van der Waals surface area contributed by atoms with Gasteiger partial charge in [0.1, 0.15) is 10.7 Å². The zero-order chi connectivity index (χ0) is 24.7. The van der Waals surface area contributed by atoms with Gasteiger partial charge in [0.15, 0.2) is 0 Å². The zero-order valence-corrected chi connectivity index (χ0v) is 20.7. The zero-order valence-electron chi connectivity index (χ0n) is 18.4. The molecular formula is C22H24ClF4N3O2S2. The fourth-order valence-electron chi connectivity index (χ4n) is 4.37. The number of alkyl halides is 3. The minimum absolute atomic E-state index is 0.0229. The Labute approximate surface area is 205 Å². The van der Waals surface area contributed by atoms with E-state index in [2.05, 4.69) is 4.90 Å². The third-order valence-electron chi connectivity index (χ3n) is 6.05. The van der Waals surface area contributed by atoms with Crippen LogP contribution < -0.4 is 9.80 Å². The summed E-state index contributed by atoms with van der Waals surface area (Å²) in [7, 11) is -3.97. The topological polar surface area (TPSA) is 43.9 Å². The number of rotatable bonds is 4. The summed E-state index contributed by atoms with van der Waals surface area (Å²) < 4.78 is 81.9. The second-order valence-corrected chi connectivity index (χ2v) is 11.8. The molecule has 0 aromatic heterocycles. The van der Waals surface area contributed by atoms with E-state index in [1.807, 2.05) is 11.8 Å². The van der Waals surface area contributed by atoms with Gasteiger partial charge in [-0.05, 0) is 43.3 Å². The van der Waals surface area contributed by atoms with Crippen molar-refractivity contribution in [1.29, 1.82) is 0 Å². The Hall–Kier alpha value is -1.69. The van der Waals surface area contributed by atoms with Gasteiger partial charge in [0.05, 0.1) is 10.6 Å². The van der Waals surface area contributed by atoms with Crippen LogP contribution in [0.5, 0.6) is 0 Å². The summed E-state index contributed by atoms with van der Waals surface area (Å²) in [6, 6.07) is 6.79. The third kappa shape index (κ3) is 5.12. The lowest BCUT2D eigenvalue weighted by Crippen LogP contribution is -2.54. The van der Waals surface area contributed by atoms with Gasteiger partial charge in [0.2, 0.25) is 10.0 Å². The molecule has 2 aromatic carbocycles. The second kappa shape index (κ2) is 9.75. The monoisotopic (exact) mass is 537 g/mol. The smallest absolute Gasteiger partial charge is 0.370 e. The van der Waals surface area contributed by atoms with Gasteiger partial charge in [-0.3, -0.25) is 0 Å². The van der Waals surface area contributed by atoms with Crippen LogP contribution in [-0.2, 0) is 16.2 Å². The Balaban J connectivity index is 1.55. The Morgan fingerprint density at radius 2 is 1.71 bits per heavy atom. The summed E-state index contributed by atoms with van der Waals surface area (Å²) in [4.78, 5) is 3.57. The van der Waals surface area contributed by atoms with Crippen molar-refractivity contribution < 1.29 is 26.0 Å². The van der Waals surface area contributed by atoms with Gasteiger partial charge in [-0.1, -0.05) is 11.6 Å². The fourth-order valence-corrected chi connectivity index (χ4v) is 7.40. The molecule has 2 aliphatic rings. The molecule has 0 aliphatic carbocycles. The van der Waals surface area contributed by atoms with Crippen molar-refractivity contribution in [3.63, 3.8) is 0 Å². The highest BCUT2D eigenvalue weighted by Crippen LogP contribution is 2.38. The fraction of sp³-hybridized carbons (Fsp3) is 0.455. The van der Waals surface area contributed by atoms with Gasteiger partial charge in [0.25, 0.3) is 0 Å². The summed E-state index contributed by atoms with van der Waals surface area (Å²) in [5.74, 6) is 0.999. The summed E-state index contributed by atoms with van der Waals surface area (Å²) in [6.07, 6.45) is -4.73. The molecule has 34 heavy (non-hydrogen) atoms. The standard InChI is InChI=1S/C22H24ClF4N3O2S2/c1-15-14-29(20-4-2-16(24)12-18(20)22(25,26)27)6-7-30(15)34(31,32)21-5-3-17(13-19(21)23)28-8-10-33-11-9-28/h2-5,12-13,15H,6-11,14H2,1H3/t15-/m1/s1. The molecule has 2 saturated heterocycles. The number of thioether (sulfide) groups is 1. The molecule has 0 spiro atoms. The Kier molecular flexibility index (Phi) is 7.29. The van der Waals surface area contributed by atoms with Gasteiger partial charge in [-0.15, -0.1) is 0 Å². The van der Waals surface area contributed by atoms with Crippen LogP contribution >= 0.6 is 23.4 Å². The lowest BCUT2D eigenvalue weighted by Gasteiger charge is -2.41. The van der Waals surface area contributed by atoms with E-state index in [1.54, 1.807) is 19.1 Å². The first-order valence-electron chi connectivity index (χ1n) is 10.7. The summed E-state index contributed by atoms with van der Waals surface area (Å²) in [6.45, 7) is 3.37. The maximum absolute atomic E-state index is 13.5. The number of hydrogen-bond acceptors (Lipinski definition) is 5. The minimum atomic E-state index is -4.73. The van der Waals surface area contributed by atoms with Gasteiger partial charge in [-0.25, -0.2) is 12.8 Å². The van der Waals surface area contributed by atoms with Crippen molar-refractivity contribution in [2.24, 2.45) is 0 Å². The lowest BCUT2D eigenvalue weighted by atomic mass is 10.1. The predicted octanol–water partition coefficient (Wildman–Crippen LogP) is 4.95. The number of nitrogens with zero attached hydrogens (tertiary/aromatic N) is 3. The minimum Gasteiger partial charge on any atom is -0.370 e. The molecule has 2 fully saturated rings. The van der Waals surface area contributed by atoms with E-state index in [0.29, 0.717) is 6.07 Å². The first-order valence-corrected chi connectivity index (χ1v) is 13.7. The highest BCUT2D eigenvalue weighted by atomic mass is 35.5. The molecule has 2 aliphatic heterocycles. The number of sulfonamides is 1. The van der Waals surface area contributed by atoms with Crippen LogP contribution in [0.3, 0.4) is 0 Å². The molecule has 0 unspecified atom stereocenters. The Morgan fingerprint density at radius 1 is 1.00 bits per heavy atom. The highest BCUT2D eigenvalue weighted by Gasteiger charge is 2.39. The van der Waals surface area contributed by atoms with Crippen LogP contribution in [0, 0.1) is 5.82 Å². The quantitative estimate of drug-likeness (QED) is 0.516. The molecule has 2 aromatic rings. The van der Waals surface area contributed by atoms with Crippen LogP contribution in [0.4, 0.5) is 28.9 Å². The third-order valence-corrected chi connectivity index (χ3v) is 9.49. The molecule has 5 nitrogen and oxygen atoms in total. The van der Waals surface area contributed by atoms with Crippen molar-refractivity contribution in [2.75, 3.05) is 54.0 Å². The predicted molar refractivity (Wildman–Crippen MR) is 128 cm³/mol. The Bertz CT molecular complexity index is 1160. The maximum Gasteiger partial charge on any atom is 0.418 e. The van der Waals surface area contributed by atoms with E-state index >= 15 is 0 Å². The number of anilines is 2. The highest BCUT2D eigenvalue weighted by molar-refractivity contribution is 7.99. The molecular weight excluding hydrogens is 514 g/mol. The first kappa shape index (κ1) is 25.4. The molecule has 0 bridgehead atoms. The van der Waals surface area contributed by atoms with Crippen LogP contribution in [0.25, 0.3) is 0 Å². The summed E-state index contributed by atoms with van der Waals surface area (Å²) >= 11 is 8.26. The molecule has 12 heteroatoms. The SMILES string of the molecule is C[C@@H]1CN(c2ccc(F)cc2C(F)(F)F)CCN1S(=O)(=O)c1ccc(N2CCSCC2)cc1Cl. The van der Waals surface area contributed by atoms with Crippen LogP contribution in [0.15, 0.2) is 41.3 Å². The number of hydrogen-bond donors (Lipinski definition) is 0. The van der Waals surface area contributed by atoms with Crippen molar-refractivity contribution >= 4 is 44.8 Å². The summed E-state index contributed by atoms with van der Waals surface area (Å²) in [5.41, 5.74) is -0.385. The molecule has 0 N–H and O–H groups in total. The van der Waals surface area contributed by atoms with Crippen molar-refractivity contribution in [3.05, 3.63) is 52.8 Å². The van der Waals surface area contributed by atoms with E-state index in [1.165, 1.54) is 15.3 Å². The lowest BCUT2D eigenvalue weighted by molar-refractivity contribution is -0.137. The van der Waals surface area contributed by atoms with Gasteiger partial charge in [-0.2, -0.15) is 29.2 Å². The normalized spacial score (nSPS) is 20.6. The molecule has 1 atom stereocenters. The summed E-state index contributed by atoms with van der Waals surface area (Å²) in [5, 5.41) is 0.114. The van der Waals surface area contributed by atoms with E-state index in [9.17, 15) is 26.0 Å². The maximum atomic E-state index is 13.5. The molecule has 186 valence electrons. The Morgan fingerprint density at radius 3 is 2.32 bits per heavy atom. The second-order valence-electron chi connectivity index (χ2n) is 8.28.